The molecule has 0 unspecified atom stereocenters. The van der Waals surface area contributed by atoms with Gasteiger partial charge in [-0.3, -0.25) is 0 Å². The molecule has 0 fully saturated rings. The molecular formula is C51H31N3OS. The molecule has 0 radical (unpaired) electrons. The van der Waals surface area contributed by atoms with Crippen molar-refractivity contribution in [1.82, 2.24) is 15.0 Å². The number of rotatable bonds is 6. The van der Waals surface area contributed by atoms with Crippen LogP contribution in [0.3, 0.4) is 0 Å². The van der Waals surface area contributed by atoms with Gasteiger partial charge >= 0.3 is 0 Å². The SMILES string of the molecule is [2H]c1c([2H])c([2H])c(-c2nc(-c3c([2H])c([2H])c(-c4c([2H])c([2H])c([2H])c([2H])c4[2H])c([2H])c3[2H])nc(-c3cccc4sc5cc(-c6cc(-c7ccccc7)cc7oc8ccccc8c67)ccc5c34)n2)c([2H])c1[2H]. The van der Waals surface area contributed by atoms with Gasteiger partial charge in [-0.25, -0.2) is 15.0 Å². The van der Waals surface area contributed by atoms with E-state index in [1.54, 1.807) is 12.1 Å². The highest BCUT2D eigenvalue weighted by Gasteiger charge is 2.19. The maximum absolute atomic E-state index is 9.23. The summed E-state index contributed by atoms with van der Waals surface area (Å²) in [4.78, 5) is 14.0. The zero-order valence-electron chi connectivity index (χ0n) is 43.0. The zero-order valence-corrected chi connectivity index (χ0v) is 29.8. The summed E-state index contributed by atoms with van der Waals surface area (Å²) in [5, 5.41) is 3.44. The molecule has 0 aliphatic heterocycles. The number of furan rings is 1. The number of para-hydroxylation sites is 1. The second-order valence-corrected chi connectivity index (χ2v) is 14.0. The lowest BCUT2D eigenvalue weighted by Gasteiger charge is -2.10. The standard InChI is InChI=1S/C51H31N3OS/c1-4-13-32(14-5-1)34-23-25-36(26-24-34)50-52-49(35-17-8-3-9-18-35)53-51(54-50)41-20-12-22-45-48(41)40-28-27-37(31-46(40)56-45)42-29-38(33-15-6-2-7-16-33)30-44-47(42)39-19-10-11-21-43(39)55-44/h1-31H/i1D,3D,4D,5D,8D,9D,13D,14D,17D,18D,23D,24D,25D,26D. The fourth-order valence-electron chi connectivity index (χ4n) is 7.07. The lowest BCUT2D eigenvalue weighted by molar-refractivity contribution is 0.669. The Labute approximate surface area is 346 Å². The molecule has 4 nitrogen and oxygen atoms in total. The Bertz CT molecular complexity index is 4000. The Morgan fingerprint density at radius 3 is 1.84 bits per heavy atom. The molecule has 3 aromatic heterocycles. The van der Waals surface area contributed by atoms with Gasteiger partial charge in [0, 0.05) is 47.6 Å². The normalized spacial score (nSPS) is 15.1. The Hall–Kier alpha value is -7.21. The van der Waals surface area contributed by atoms with Gasteiger partial charge < -0.3 is 4.42 Å². The van der Waals surface area contributed by atoms with Crippen molar-refractivity contribution >= 4 is 53.4 Å². The summed E-state index contributed by atoms with van der Waals surface area (Å²) < 4.78 is 129. The Kier molecular flexibility index (Phi) is 4.98. The number of aromatic nitrogens is 3. The van der Waals surface area contributed by atoms with E-state index in [1.807, 2.05) is 72.8 Å². The summed E-state index contributed by atoms with van der Waals surface area (Å²) >= 11 is 1.51. The maximum atomic E-state index is 9.23. The molecular weight excluding hydrogens is 703 g/mol. The van der Waals surface area contributed by atoms with Gasteiger partial charge in [0.1, 0.15) is 11.2 Å². The molecule has 0 saturated carbocycles. The third kappa shape index (κ3) is 5.56. The van der Waals surface area contributed by atoms with Gasteiger partial charge in [0.2, 0.25) is 0 Å². The fourth-order valence-corrected chi connectivity index (χ4v) is 8.24. The number of thiophene rings is 1. The fraction of sp³-hybridized carbons (Fsp3) is 0. The van der Waals surface area contributed by atoms with Gasteiger partial charge in [0.05, 0.1) is 19.2 Å². The van der Waals surface area contributed by atoms with Crippen LogP contribution in [-0.4, -0.2) is 15.0 Å². The van der Waals surface area contributed by atoms with Crippen LogP contribution in [0.4, 0.5) is 0 Å². The molecule has 8 aromatic carbocycles. The van der Waals surface area contributed by atoms with Gasteiger partial charge in [0.15, 0.2) is 17.5 Å². The van der Waals surface area contributed by atoms with Crippen LogP contribution in [-0.2, 0) is 0 Å². The van der Waals surface area contributed by atoms with Crippen LogP contribution in [0.15, 0.2) is 192 Å². The minimum absolute atomic E-state index is 0.0742. The van der Waals surface area contributed by atoms with Crippen LogP contribution >= 0.6 is 11.3 Å². The summed E-state index contributed by atoms with van der Waals surface area (Å²) in [5.41, 5.74) is 3.87. The first-order chi connectivity index (χ1) is 33.5. The molecule has 262 valence electrons. The molecule has 0 amide bonds. The van der Waals surface area contributed by atoms with Crippen LogP contribution < -0.4 is 0 Å². The molecule has 0 bridgehead atoms. The van der Waals surface area contributed by atoms with Crippen molar-refractivity contribution in [2.75, 3.05) is 0 Å². The van der Waals surface area contributed by atoms with E-state index in [9.17, 15) is 2.74 Å². The first-order valence-corrected chi connectivity index (χ1v) is 18.3. The molecule has 0 N–H and O–H groups in total. The minimum atomic E-state index is -0.752. The van der Waals surface area contributed by atoms with Crippen LogP contribution in [0.2, 0.25) is 0 Å². The number of fused-ring (bicyclic) bond motifs is 6. The number of hydrogen-bond donors (Lipinski definition) is 0. The highest BCUT2D eigenvalue weighted by Crippen LogP contribution is 2.44. The molecule has 3 heterocycles. The molecule has 0 spiro atoms. The van der Waals surface area contributed by atoms with E-state index >= 15 is 0 Å². The van der Waals surface area contributed by atoms with Crippen molar-refractivity contribution in [1.29, 1.82) is 0 Å². The predicted octanol–water partition coefficient (Wildman–Crippen LogP) is 14.1. The molecule has 5 heteroatoms. The van der Waals surface area contributed by atoms with Gasteiger partial charge in [-0.15, -0.1) is 11.3 Å². The van der Waals surface area contributed by atoms with E-state index in [4.69, 9.17) is 30.8 Å². The smallest absolute Gasteiger partial charge is 0.164 e. The van der Waals surface area contributed by atoms with Gasteiger partial charge in [-0.1, -0.05) is 157 Å². The van der Waals surface area contributed by atoms with Gasteiger partial charge in [-0.05, 0) is 63.7 Å². The second kappa shape index (κ2) is 13.3. The quantitative estimate of drug-likeness (QED) is 0.170. The summed E-state index contributed by atoms with van der Waals surface area (Å²) in [6, 6.07) is 23.9. The Morgan fingerprint density at radius 2 is 1.05 bits per heavy atom. The molecule has 11 aromatic rings. The lowest BCUT2D eigenvalue weighted by Crippen LogP contribution is -2.00. The average Bonchev–Trinajstić information content (AvgIpc) is 3.95. The largest absolute Gasteiger partial charge is 0.456 e. The van der Waals surface area contributed by atoms with Crippen LogP contribution in [0.5, 0.6) is 0 Å². The van der Waals surface area contributed by atoms with E-state index in [0.29, 0.717) is 10.9 Å². The Balaban J connectivity index is 1.15. The van der Waals surface area contributed by atoms with E-state index in [2.05, 4.69) is 23.2 Å². The molecule has 0 aliphatic carbocycles. The van der Waals surface area contributed by atoms with Gasteiger partial charge in [-0.2, -0.15) is 0 Å². The Morgan fingerprint density at radius 1 is 0.393 bits per heavy atom. The molecule has 56 heavy (non-hydrogen) atoms. The zero-order chi connectivity index (χ0) is 49.2. The van der Waals surface area contributed by atoms with Crippen molar-refractivity contribution in [3.8, 4) is 67.5 Å². The third-order valence-electron chi connectivity index (χ3n) is 9.59. The van der Waals surface area contributed by atoms with E-state index in [0.717, 1.165) is 59.0 Å². The summed E-state index contributed by atoms with van der Waals surface area (Å²) in [7, 11) is 0. The number of nitrogens with zero attached hydrogens (tertiary/aromatic N) is 3. The third-order valence-corrected chi connectivity index (χ3v) is 10.7. The number of benzene rings is 8. The molecule has 0 atom stereocenters. The van der Waals surface area contributed by atoms with E-state index < -0.39 is 118 Å². The summed E-state index contributed by atoms with van der Waals surface area (Å²) in [6.45, 7) is 0. The van der Waals surface area contributed by atoms with Crippen LogP contribution in [0.1, 0.15) is 19.2 Å². The van der Waals surface area contributed by atoms with Crippen molar-refractivity contribution < 1.29 is 23.6 Å². The summed E-state index contributed by atoms with van der Waals surface area (Å²) in [6.07, 6.45) is 0. The van der Waals surface area contributed by atoms with Crippen molar-refractivity contribution in [2.24, 2.45) is 0 Å². The van der Waals surface area contributed by atoms with Crippen LogP contribution in [0.25, 0.3) is 110 Å². The minimum Gasteiger partial charge on any atom is -0.456 e. The summed E-state index contributed by atoms with van der Waals surface area (Å²) in [5.74, 6) is -0.920. The first kappa shape index (κ1) is 21.0. The first-order valence-electron chi connectivity index (χ1n) is 24.5. The van der Waals surface area contributed by atoms with E-state index in [-0.39, 0.29) is 5.82 Å². The van der Waals surface area contributed by atoms with Crippen molar-refractivity contribution in [2.45, 2.75) is 0 Å². The number of hydrogen-bond acceptors (Lipinski definition) is 5. The van der Waals surface area contributed by atoms with Crippen LogP contribution in [0, 0.1) is 0 Å². The lowest BCUT2D eigenvalue weighted by atomic mass is 9.94. The predicted molar refractivity (Wildman–Crippen MR) is 233 cm³/mol. The van der Waals surface area contributed by atoms with Gasteiger partial charge in [0.25, 0.3) is 0 Å². The molecule has 0 saturated heterocycles. The topological polar surface area (TPSA) is 51.8 Å². The maximum Gasteiger partial charge on any atom is 0.164 e. The average molecular weight is 748 g/mol. The molecule has 0 aliphatic rings. The van der Waals surface area contributed by atoms with Crippen molar-refractivity contribution in [3.05, 3.63) is 188 Å². The molecule has 11 rings (SSSR count). The monoisotopic (exact) mass is 747 g/mol. The van der Waals surface area contributed by atoms with E-state index in [1.165, 1.54) is 11.3 Å². The highest BCUT2D eigenvalue weighted by atomic mass is 32.1. The van der Waals surface area contributed by atoms with Crippen molar-refractivity contribution in [3.63, 3.8) is 0 Å². The highest BCUT2D eigenvalue weighted by molar-refractivity contribution is 7.26. The second-order valence-electron chi connectivity index (χ2n) is 12.9.